The van der Waals surface area contributed by atoms with Crippen LogP contribution in [0.3, 0.4) is 0 Å². The van der Waals surface area contributed by atoms with Gasteiger partial charge in [0.2, 0.25) is 0 Å². The standard InChI is InChI=1S/C16H14O/c1-3-7-13(8-4-1)15-11-17-12-16(15)14-9-5-2-6-10-14/h1-10H,11-12H2. The van der Waals surface area contributed by atoms with Crippen LogP contribution in [0.15, 0.2) is 60.7 Å². The zero-order valence-electron chi connectivity index (χ0n) is 9.60. The molecular weight excluding hydrogens is 208 g/mol. The molecule has 0 atom stereocenters. The second kappa shape index (κ2) is 4.56. The normalized spacial score (nSPS) is 15.3. The van der Waals surface area contributed by atoms with E-state index in [0.29, 0.717) is 13.2 Å². The number of rotatable bonds is 2. The summed E-state index contributed by atoms with van der Waals surface area (Å²) in [5.41, 5.74) is 5.17. The molecule has 17 heavy (non-hydrogen) atoms. The zero-order chi connectivity index (χ0) is 11.5. The van der Waals surface area contributed by atoms with Crippen molar-refractivity contribution < 1.29 is 4.74 Å². The molecule has 0 fully saturated rings. The minimum atomic E-state index is 0.717. The molecule has 0 aliphatic carbocycles. The van der Waals surface area contributed by atoms with Gasteiger partial charge in [-0.3, -0.25) is 0 Å². The molecule has 0 bridgehead atoms. The molecular formula is C16H14O. The van der Waals surface area contributed by atoms with Gasteiger partial charge in [-0.1, -0.05) is 60.7 Å². The van der Waals surface area contributed by atoms with Crippen molar-refractivity contribution in [1.29, 1.82) is 0 Å². The molecule has 1 heteroatoms. The van der Waals surface area contributed by atoms with Gasteiger partial charge in [-0.15, -0.1) is 0 Å². The minimum absolute atomic E-state index is 0.717. The Balaban J connectivity index is 2.08. The fourth-order valence-corrected chi connectivity index (χ4v) is 2.22. The predicted octanol–water partition coefficient (Wildman–Crippen LogP) is 3.63. The smallest absolute Gasteiger partial charge is 0.0731 e. The molecule has 0 saturated carbocycles. The van der Waals surface area contributed by atoms with Crippen LogP contribution < -0.4 is 0 Å². The Bertz CT molecular complexity index is 476. The van der Waals surface area contributed by atoms with Gasteiger partial charge >= 0.3 is 0 Å². The van der Waals surface area contributed by atoms with E-state index in [9.17, 15) is 0 Å². The second-order valence-electron chi connectivity index (χ2n) is 4.18. The Morgan fingerprint density at radius 1 is 0.588 bits per heavy atom. The molecule has 0 N–H and O–H groups in total. The summed E-state index contributed by atoms with van der Waals surface area (Å²) in [6.07, 6.45) is 0. The van der Waals surface area contributed by atoms with Gasteiger partial charge in [0.25, 0.3) is 0 Å². The zero-order valence-corrected chi connectivity index (χ0v) is 9.60. The van der Waals surface area contributed by atoms with Gasteiger partial charge in [-0.2, -0.15) is 0 Å². The molecule has 2 aromatic rings. The van der Waals surface area contributed by atoms with Crippen molar-refractivity contribution in [2.75, 3.05) is 13.2 Å². The first-order valence-electron chi connectivity index (χ1n) is 5.86. The van der Waals surface area contributed by atoms with Crippen molar-refractivity contribution in [3.05, 3.63) is 71.8 Å². The molecule has 2 aromatic carbocycles. The molecule has 0 spiro atoms. The maximum atomic E-state index is 5.60. The van der Waals surface area contributed by atoms with Crippen molar-refractivity contribution in [3.63, 3.8) is 0 Å². The van der Waals surface area contributed by atoms with Crippen LogP contribution >= 0.6 is 0 Å². The first-order valence-corrected chi connectivity index (χ1v) is 5.86. The van der Waals surface area contributed by atoms with Gasteiger partial charge in [0.15, 0.2) is 0 Å². The summed E-state index contributed by atoms with van der Waals surface area (Å²) >= 11 is 0. The van der Waals surface area contributed by atoms with Crippen molar-refractivity contribution in [1.82, 2.24) is 0 Å². The number of benzene rings is 2. The largest absolute Gasteiger partial charge is 0.372 e. The first kappa shape index (κ1) is 10.3. The van der Waals surface area contributed by atoms with E-state index in [2.05, 4.69) is 48.5 Å². The lowest BCUT2D eigenvalue weighted by atomic mass is 9.97. The molecule has 1 aliphatic heterocycles. The van der Waals surface area contributed by atoms with Crippen molar-refractivity contribution in [3.8, 4) is 0 Å². The average Bonchev–Trinajstić information content (AvgIpc) is 2.90. The average molecular weight is 222 g/mol. The number of ether oxygens (including phenoxy) is 1. The highest BCUT2D eigenvalue weighted by Gasteiger charge is 2.17. The van der Waals surface area contributed by atoms with Crippen LogP contribution in [0, 0.1) is 0 Å². The highest BCUT2D eigenvalue weighted by Crippen LogP contribution is 2.31. The molecule has 3 rings (SSSR count). The molecule has 1 nitrogen and oxygen atoms in total. The maximum absolute atomic E-state index is 5.60. The fraction of sp³-hybridized carbons (Fsp3) is 0.125. The molecule has 0 amide bonds. The molecule has 0 saturated heterocycles. The molecule has 1 heterocycles. The Morgan fingerprint density at radius 3 is 1.41 bits per heavy atom. The summed E-state index contributed by atoms with van der Waals surface area (Å²) in [6.45, 7) is 1.43. The summed E-state index contributed by atoms with van der Waals surface area (Å²) in [4.78, 5) is 0. The van der Waals surface area contributed by atoms with Crippen LogP contribution in [0.5, 0.6) is 0 Å². The summed E-state index contributed by atoms with van der Waals surface area (Å²) in [5.74, 6) is 0. The highest BCUT2D eigenvalue weighted by molar-refractivity contribution is 5.93. The van der Waals surface area contributed by atoms with Gasteiger partial charge in [0.05, 0.1) is 13.2 Å². The lowest BCUT2D eigenvalue weighted by Gasteiger charge is -2.06. The summed E-state index contributed by atoms with van der Waals surface area (Å²) < 4.78 is 5.60. The molecule has 1 aliphatic rings. The number of hydrogen-bond acceptors (Lipinski definition) is 1. The minimum Gasteiger partial charge on any atom is -0.372 e. The van der Waals surface area contributed by atoms with Crippen LogP contribution in [0.25, 0.3) is 11.1 Å². The van der Waals surface area contributed by atoms with Crippen molar-refractivity contribution in [2.45, 2.75) is 0 Å². The lowest BCUT2D eigenvalue weighted by molar-refractivity contribution is 0.219. The van der Waals surface area contributed by atoms with Gasteiger partial charge < -0.3 is 4.74 Å². The van der Waals surface area contributed by atoms with E-state index < -0.39 is 0 Å². The molecule has 0 radical (unpaired) electrons. The predicted molar refractivity (Wildman–Crippen MR) is 70.5 cm³/mol. The topological polar surface area (TPSA) is 9.23 Å². The molecule has 0 unspecified atom stereocenters. The van der Waals surface area contributed by atoms with Crippen LogP contribution in [-0.2, 0) is 4.74 Å². The Kier molecular flexibility index (Phi) is 2.76. The van der Waals surface area contributed by atoms with Crippen LogP contribution in [-0.4, -0.2) is 13.2 Å². The van der Waals surface area contributed by atoms with E-state index in [1.54, 1.807) is 0 Å². The van der Waals surface area contributed by atoms with Crippen LogP contribution in [0.2, 0.25) is 0 Å². The molecule has 0 aromatic heterocycles. The van der Waals surface area contributed by atoms with Crippen molar-refractivity contribution >= 4 is 11.1 Å². The quantitative estimate of drug-likeness (QED) is 0.754. The van der Waals surface area contributed by atoms with Gasteiger partial charge in [0.1, 0.15) is 0 Å². The summed E-state index contributed by atoms with van der Waals surface area (Å²) in [7, 11) is 0. The van der Waals surface area contributed by atoms with E-state index in [4.69, 9.17) is 4.74 Å². The Hall–Kier alpha value is -1.86. The Labute approximate surface area is 101 Å². The lowest BCUT2D eigenvalue weighted by Crippen LogP contribution is -1.89. The Morgan fingerprint density at radius 2 is 1.00 bits per heavy atom. The third kappa shape index (κ3) is 2.02. The van der Waals surface area contributed by atoms with E-state index in [1.807, 2.05) is 12.1 Å². The van der Waals surface area contributed by atoms with Crippen molar-refractivity contribution in [2.24, 2.45) is 0 Å². The van der Waals surface area contributed by atoms with Crippen LogP contribution in [0.4, 0.5) is 0 Å². The van der Waals surface area contributed by atoms with Crippen LogP contribution in [0.1, 0.15) is 11.1 Å². The third-order valence-electron chi connectivity index (χ3n) is 3.10. The number of hydrogen-bond donors (Lipinski definition) is 0. The fourth-order valence-electron chi connectivity index (χ4n) is 2.22. The highest BCUT2D eigenvalue weighted by atomic mass is 16.5. The van der Waals surface area contributed by atoms with Gasteiger partial charge in [-0.25, -0.2) is 0 Å². The van der Waals surface area contributed by atoms with Gasteiger partial charge in [-0.05, 0) is 22.3 Å². The first-order chi connectivity index (χ1) is 8.45. The molecule has 84 valence electrons. The van der Waals surface area contributed by atoms with E-state index in [0.717, 1.165) is 0 Å². The second-order valence-corrected chi connectivity index (χ2v) is 4.18. The monoisotopic (exact) mass is 222 g/mol. The van der Waals surface area contributed by atoms with E-state index in [-0.39, 0.29) is 0 Å². The van der Waals surface area contributed by atoms with E-state index in [1.165, 1.54) is 22.3 Å². The maximum Gasteiger partial charge on any atom is 0.0731 e. The third-order valence-corrected chi connectivity index (χ3v) is 3.10. The summed E-state index contributed by atoms with van der Waals surface area (Å²) in [5, 5.41) is 0. The van der Waals surface area contributed by atoms with Gasteiger partial charge in [0, 0.05) is 0 Å². The van der Waals surface area contributed by atoms with E-state index >= 15 is 0 Å². The SMILES string of the molecule is c1ccc(C2=C(c3ccccc3)COC2)cc1. The summed E-state index contributed by atoms with van der Waals surface area (Å²) in [6, 6.07) is 21.0.